The molecule has 0 atom stereocenters. The van der Waals surface area contributed by atoms with Gasteiger partial charge in [-0.25, -0.2) is 9.78 Å². The van der Waals surface area contributed by atoms with E-state index in [0.29, 0.717) is 16.8 Å². The van der Waals surface area contributed by atoms with Gasteiger partial charge in [-0.1, -0.05) is 6.07 Å². The summed E-state index contributed by atoms with van der Waals surface area (Å²) >= 11 is 3.29. The summed E-state index contributed by atoms with van der Waals surface area (Å²) in [5.74, 6) is -0.397. The number of hydrogen-bond acceptors (Lipinski definition) is 4. The first-order valence-corrected chi connectivity index (χ1v) is 5.98. The van der Waals surface area contributed by atoms with Crippen LogP contribution in [-0.4, -0.2) is 21.0 Å². The lowest BCUT2D eigenvalue weighted by molar-refractivity contribution is 0.0696. The van der Waals surface area contributed by atoms with Crippen LogP contribution in [0.3, 0.4) is 0 Å². The van der Waals surface area contributed by atoms with Gasteiger partial charge in [0.25, 0.3) is 0 Å². The monoisotopic (exact) mass is 307 g/mol. The van der Waals surface area contributed by atoms with Crippen molar-refractivity contribution in [3.63, 3.8) is 0 Å². The highest BCUT2D eigenvalue weighted by Gasteiger charge is 2.07. The van der Waals surface area contributed by atoms with Gasteiger partial charge in [-0.2, -0.15) is 0 Å². The van der Waals surface area contributed by atoms with E-state index in [1.807, 2.05) is 12.1 Å². The van der Waals surface area contributed by atoms with Crippen molar-refractivity contribution in [1.82, 2.24) is 9.97 Å². The van der Waals surface area contributed by atoms with Gasteiger partial charge in [-0.15, -0.1) is 0 Å². The minimum absolute atomic E-state index is 0.147. The van der Waals surface area contributed by atoms with Crippen molar-refractivity contribution in [3.05, 3.63) is 52.4 Å². The molecule has 0 saturated carbocycles. The molecule has 0 spiro atoms. The molecule has 0 aliphatic carbocycles. The van der Waals surface area contributed by atoms with Crippen molar-refractivity contribution < 1.29 is 9.90 Å². The smallest absolute Gasteiger partial charge is 0.337 e. The number of aromatic carboxylic acids is 1. The number of rotatable bonds is 4. The number of carboxylic acid groups (broad SMARTS) is 1. The molecule has 5 nitrogen and oxygen atoms in total. The van der Waals surface area contributed by atoms with E-state index >= 15 is 0 Å². The Morgan fingerprint density at radius 1 is 1.44 bits per heavy atom. The predicted molar refractivity (Wildman–Crippen MR) is 70.5 cm³/mol. The maximum Gasteiger partial charge on any atom is 0.337 e. The quantitative estimate of drug-likeness (QED) is 0.908. The van der Waals surface area contributed by atoms with Gasteiger partial charge < -0.3 is 10.4 Å². The average molecular weight is 308 g/mol. The molecule has 2 aromatic heterocycles. The Morgan fingerprint density at radius 3 is 2.89 bits per heavy atom. The largest absolute Gasteiger partial charge is 0.478 e. The summed E-state index contributed by atoms with van der Waals surface area (Å²) in [7, 11) is 0. The third-order valence-corrected chi connectivity index (χ3v) is 2.88. The van der Waals surface area contributed by atoms with Crippen LogP contribution in [-0.2, 0) is 6.54 Å². The highest BCUT2D eigenvalue weighted by molar-refractivity contribution is 9.10. The Kier molecular flexibility index (Phi) is 3.88. The number of nitrogens with zero attached hydrogens (tertiary/aromatic N) is 2. The molecule has 0 unspecified atom stereocenters. The third-order valence-electron chi connectivity index (χ3n) is 2.27. The Morgan fingerprint density at radius 2 is 2.28 bits per heavy atom. The lowest BCUT2D eigenvalue weighted by atomic mass is 10.2. The van der Waals surface area contributed by atoms with Crippen LogP contribution >= 0.6 is 15.9 Å². The van der Waals surface area contributed by atoms with E-state index in [-0.39, 0.29) is 5.56 Å². The molecule has 0 saturated heterocycles. The first-order chi connectivity index (χ1) is 8.66. The Labute approximate surface area is 112 Å². The molecule has 2 aromatic rings. The Hall–Kier alpha value is -1.95. The number of anilines is 1. The van der Waals surface area contributed by atoms with Gasteiger partial charge >= 0.3 is 5.97 Å². The molecule has 2 heterocycles. The van der Waals surface area contributed by atoms with Crippen LogP contribution in [0.1, 0.15) is 15.9 Å². The molecule has 0 bridgehead atoms. The molecule has 0 aliphatic heterocycles. The van der Waals surface area contributed by atoms with Crippen LogP contribution in [0.5, 0.6) is 0 Å². The van der Waals surface area contributed by atoms with Gasteiger partial charge in [0.1, 0.15) is 5.82 Å². The van der Waals surface area contributed by atoms with Gasteiger partial charge in [0.15, 0.2) is 0 Å². The maximum atomic E-state index is 10.8. The second-order valence-corrected chi connectivity index (χ2v) is 4.43. The summed E-state index contributed by atoms with van der Waals surface area (Å²) in [4.78, 5) is 18.8. The van der Waals surface area contributed by atoms with E-state index in [2.05, 4.69) is 31.2 Å². The van der Waals surface area contributed by atoms with Crippen LogP contribution in [0.25, 0.3) is 0 Å². The van der Waals surface area contributed by atoms with Gasteiger partial charge in [-0.05, 0) is 33.6 Å². The molecule has 6 heteroatoms. The standard InChI is InChI=1S/C12H10BrN3O2/c13-10-4-9(12(17)18)7-16-11(10)15-6-8-2-1-3-14-5-8/h1-5,7H,6H2,(H,15,16)(H,17,18). The summed E-state index contributed by atoms with van der Waals surface area (Å²) in [6.45, 7) is 0.575. The Balaban J connectivity index is 2.08. The van der Waals surface area contributed by atoms with Crippen molar-refractivity contribution >= 4 is 27.7 Å². The lowest BCUT2D eigenvalue weighted by Crippen LogP contribution is -2.04. The normalized spacial score (nSPS) is 10.1. The fraction of sp³-hybridized carbons (Fsp3) is 0.0833. The fourth-order valence-electron chi connectivity index (χ4n) is 1.37. The van der Waals surface area contributed by atoms with E-state index in [1.54, 1.807) is 12.4 Å². The highest BCUT2D eigenvalue weighted by Crippen LogP contribution is 2.21. The molecule has 0 aromatic carbocycles. The summed E-state index contributed by atoms with van der Waals surface area (Å²) < 4.78 is 0.617. The SMILES string of the molecule is O=C(O)c1cnc(NCc2cccnc2)c(Br)c1. The number of aromatic nitrogens is 2. The fourth-order valence-corrected chi connectivity index (χ4v) is 1.86. The molecule has 0 fully saturated rings. The van der Waals surface area contributed by atoms with Crippen molar-refractivity contribution in [2.45, 2.75) is 6.54 Å². The van der Waals surface area contributed by atoms with Crippen LogP contribution in [0.4, 0.5) is 5.82 Å². The zero-order chi connectivity index (χ0) is 13.0. The molecule has 2 N–H and O–H groups in total. The van der Waals surface area contributed by atoms with Gasteiger partial charge in [-0.3, -0.25) is 4.98 Å². The minimum atomic E-state index is -0.998. The molecule has 92 valence electrons. The Bertz CT molecular complexity index is 561. The molecule has 0 amide bonds. The number of carboxylic acids is 1. The number of nitrogens with one attached hydrogen (secondary N) is 1. The highest BCUT2D eigenvalue weighted by atomic mass is 79.9. The lowest BCUT2D eigenvalue weighted by Gasteiger charge is -2.07. The molecular formula is C12H10BrN3O2. The van der Waals surface area contributed by atoms with E-state index in [9.17, 15) is 4.79 Å². The van der Waals surface area contributed by atoms with Crippen molar-refractivity contribution in [3.8, 4) is 0 Å². The van der Waals surface area contributed by atoms with E-state index < -0.39 is 5.97 Å². The number of halogens is 1. The second kappa shape index (κ2) is 5.59. The average Bonchev–Trinajstić information content (AvgIpc) is 2.38. The zero-order valence-corrected chi connectivity index (χ0v) is 10.9. The molecular weight excluding hydrogens is 298 g/mol. The molecule has 2 rings (SSSR count). The van der Waals surface area contributed by atoms with Gasteiger partial charge in [0.2, 0.25) is 0 Å². The van der Waals surface area contributed by atoms with Crippen LogP contribution in [0, 0.1) is 0 Å². The first kappa shape index (κ1) is 12.5. The summed E-state index contributed by atoms with van der Waals surface area (Å²) in [6, 6.07) is 5.31. The maximum absolute atomic E-state index is 10.8. The van der Waals surface area contributed by atoms with E-state index in [0.717, 1.165) is 5.56 Å². The third kappa shape index (κ3) is 3.04. The van der Waals surface area contributed by atoms with Crippen molar-refractivity contribution in [2.75, 3.05) is 5.32 Å². The topological polar surface area (TPSA) is 75.1 Å². The van der Waals surface area contributed by atoms with E-state index in [1.165, 1.54) is 12.3 Å². The van der Waals surface area contributed by atoms with Crippen LogP contribution < -0.4 is 5.32 Å². The molecule has 0 radical (unpaired) electrons. The zero-order valence-electron chi connectivity index (χ0n) is 9.30. The predicted octanol–water partition coefficient (Wildman–Crippen LogP) is 2.55. The van der Waals surface area contributed by atoms with Gasteiger partial charge in [0, 0.05) is 25.1 Å². The molecule has 18 heavy (non-hydrogen) atoms. The molecule has 0 aliphatic rings. The van der Waals surface area contributed by atoms with Crippen molar-refractivity contribution in [2.24, 2.45) is 0 Å². The first-order valence-electron chi connectivity index (χ1n) is 5.18. The number of pyridine rings is 2. The van der Waals surface area contributed by atoms with Gasteiger partial charge in [0.05, 0.1) is 10.0 Å². The summed E-state index contributed by atoms with van der Waals surface area (Å²) in [6.07, 6.45) is 4.78. The minimum Gasteiger partial charge on any atom is -0.478 e. The second-order valence-electron chi connectivity index (χ2n) is 3.57. The van der Waals surface area contributed by atoms with E-state index in [4.69, 9.17) is 5.11 Å². The summed E-state index contributed by atoms with van der Waals surface area (Å²) in [5.41, 5.74) is 1.17. The number of carbonyl (C=O) groups is 1. The summed E-state index contributed by atoms with van der Waals surface area (Å²) in [5, 5.41) is 11.9. The number of hydrogen-bond donors (Lipinski definition) is 2. The van der Waals surface area contributed by atoms with Crippen LogP contribution in [0.2, 0.25) is 0 Å². The van der Waals surface area contributed by atoms with Crippen molar-refractivity contribution in [1.29, 1.82) is 0 Å². The van der Waals surface area contributed by atoms with Crippen LogP contribution in [0.15, 0.2) is 41.3 Å².